The molecule has 0 unspecified atom stereocenters. The van der Waals surface area contributed by atoms with Crippen molar-refractivity contribution in [1.82, 2.24) is 19.6 Å². The van der Waals surface area contributed by atoms with Gasteiger partial charge in [-0.1, -0.05) is 44.2 Å². The number of hydrogen-bond acceptors (Lipinski definition) is 4. The molecule has 0 aliphatic rings. The van der Waals surface area contributed by atoms with E-state index in [-0.39, 0.29) is 5.92 Å². The Kier molecular flexibility index (Phi) is 3.41. The van der Waals surface area contributed by atoms with Crippen molar-refractivity contribution in [2.75, 3.05) is 11.9 Å². The predicted octanol–water partition coefficient (Wildman–Crippen LogP) is 4.17. The predicted molar refractivity (Wildman–Crippen MR) is 96.9 cm³/mol. The standard InChI is InChI=1S/C19H19N5/c1-13(2)17-21-22-19-20-18(23(3)14-9-5-4-6-10-14)15-11-7-8-12-16(15)24(17)19/h4-13H,1-3H3. The zero-order valence-electron chi connectivity index (χ0n) is 14.0. The number of para-hydroxylation sites is 2. The number of hydrogen-bond donors (Lipinski definition) is 0. The van der Waals surface area contributed by atoms with Crippen LogP contribution < -0.4 is 4.90 Å². The molecule has 0 radical (unpaired) electrons. The van der Waals surface area contributed by atoms with E-state index in [9.17, 15) is 0 Å². The molecule has 0 bridgehead atoms. The summed E-state index contributed by atoms with van der Waals surface area (Å²) in [6.07, 6.45) is 0. The molecule has 24 heavy (non-hydrogen) atoms. The van der Waals surface area contributed by atoms with Gasteiger partial charge < -0.3 is 4.90 Å². The summed E-state index contributed by atoms with van der Waals surface area (Å²) in [6.45, 7) is 4.24. The highest BCUT2D eigenvalue weighted by atomic mass is 15.3. The van der Waals surface area contributed by atoms with Crippen LogP contribution in [0.15, 0.2) is 54.6 Å². The minimum atomic E-state index is 0.280. The van der Waals surface area contributed by atoms with Gasteiger partial charge in [0.15, 0.2) is 0 Å². The Morgan fingerprint density at radius 1 is 0.917 bits per heavy atom. The molecule has 0 amide bonds. The van der Waals surface area contributed by atoms with Gasteiger partial charge in [0.1, 0.15) is 11.6 Å². The van der Waals surface area contributed by atoms with Crippen molar-refractivity contribution >= 4 is 28.2 Å². The molecule has 5 heteroatoms. The van der Waals surface area contributed by atoms with Crippen molar-refractivity contribution in [3.8, 4) is 0 Å². The van der Waals surface area contributed by atoms with Crippen LogP contribution in [0.2, 0.25) is 0 Å². The van der Waals surface area contributed by atoms with Crippen LogP contribution >= 0.6 is 0 Å². The molecule has 0 atom stereocenters. The third kappa shape index (κ3) is 2.21. The molecule has 0 saturated carbocycles. The number of rotatable bonds is 3. The lowest BCUT2D eigenvalue weighted by Gasteiger charge is -2.20. The lowest BCUT2D eigenvalue weighted by Crippen LogP contribution is -2.13. The van der Waals surface area contributed by atoms with Gasteiger partial charge >= 0.3 is 0 Å². The Balaban J connectivity index is 2.03. The molecule has 2 aromatic heterocycles. The van der Waals surface area contributed by atoms with Crippen LogP contribution in [0, 0.1) is 0 Å². The lowest BCUT2D eigenvalue weighted by atomic mass is 10.2. The van der Waals surface area contributed by atoms with E-state index in [0.717, 1.165) is 28.2 Å². The van der Waals surface area contributed by atoms with Gasteiger partial charge in [-0.05, 0) is 24.3 Å². The third-order valence-electron chi connectivity index (χ3n) is 4.24. The average molecular weight is 317 g/mol. The fraction of sp³-hybridized carbons (Fsp3) is 0.211. The first-order valence-electron chi connectivity index (χ1n) is 8.09. The van der Waals surface area contributed by atoms with Crippen molar-refractivity contribution in [2.45, 2.75) is 19.8 Å². The molecule has 0 fully saturated rings. The van der Waals surface area contributed by atoms with Crippen molar-refractivity contribution in [3.05, 3.63) is 60.4 Å². The van der Waals surface area contributed by atoms with Gasteiger partial charge in [0.25, 0.3) is 5.78 Å². The van der Waals surface area contributed by atoms with Crippen molar-refractivity contribution in [2.24, 2.45) is 0 Å². The molecule has 120 valence electrons. The Bertz CT molecular complexity index is 1000. The molecule has 0 aliphatic heterocycles. The maximum atomic E-state index is 4.80. The first-order valence-corrected chi connectivity index (χ1v) is 8.09. The third-order valence-corrected chi connectivity index (χ3v) is 4.24. The van der Waals surface area contributed by atoms with Gasteiger partial charge in [0.05, 0.1) is 5.52 Å². The number of nitrogens with zero attached hydrogens (tertiary/aromatic N) is 5. The molecule has 0 spiro atoms. The number of aromatic nitrogens is 4. The van der Waals surface area contributed by atoms with Crippen LogP contribution in [0.5, 0.6) is 0 Å². The van der Waals surface area contributed by atoms with Gasteiger partial charge in [-0.25, -0.2) is 0 Å². The zero-order valence-corrected chi connectivity index (χ0v) is 14.0. The van der Waals surface area contributed by atoms with E-state index in [1.807, 2.05) is 37.4 Å². The molecule has 4 rings (SSSR count). The molecule has 0 aliphatic carbocycles. The van der Waals surface area contributed by atoms with Gasteiger partial charge in [-0.15, -0.1) is 10.2 Å². The number of fused-ring (bicyclic) bond motifs is 3. The summed E-state index contributed by atoms with van der Waals surface area (Å²) in [5.74, 6) is 2.73. The number of anilines is 2. The molecule has 0 N–H and O–H groups in total. The van der Waals surface area contributed by atoms with E-state index in [1.165, 1.54) is 0 Å². The second kappa shape index (κ2) is 5.60. The highest BCUT2D eigenvalue weighted by molar-refractivity contribution is 5.93. The van der Waals surface area contributed by atoms with E-state index in [4.69, 9.17) is 4.98 Å². The average Bonchev–Trinajstić information content (AvgIpc) is 3.06. The fourth-order valence-electron chi connectivity index (χ4n) is 3.01. The molecule has 2 heterocycles. The molecule has 5 nitrogen and oxygen atoms in total. The van der Waals surface area contributed by atoms with Gasteiger partial charge in [-0.2, -0.15) is 4.98 Å². The van der Waals surface area contributed by atoms with Crippen LogP contribution in [0.3, 0.4) is 0 Å². The minimum absolute atomic E-state index is 0.280. The summed E-state index contributed by atoms with van der Waals surface area (Å²) in [5, 5.41) is 9.73. The van der Waals surface area contributed by atoms with E-state index >= 15 is 0 Å². The Morgan fingerprint density at radius 3 is 2.38 bits per heavy atom. The van der Waals surface area contributed by atoms with Crippen LogP contribution in [-0.2, 0) is 0 Å². The second-order valence-corrected chi connectivity index (χ2v) is 6.20. The number of benzene rings is 2. The van der Waals surface area contributed by atoms with Crippen LogP contribution in [0.25, 0.3) is 16.7 Å². The lowest BCUT2D eigenvalue weighted by molar-refractivity contribution is 0.765. The highest BCUT2D eigenvalue weighted by Crippen LogP contribution is 2.31. The maximum Gasteiger partial charge on any atom is 0.257 e. The summed E-state index contributed by atoms with van der Waals surface area (Å²) in [6, 6.07) is 18.5. The van der Waals surface area contributed by atoms with Crippen LogP contribution in [-0.4, -0.2) is 26.6 Å². The summed E-state index contributed by atoms with van der Waals surface area (Å²) in [7, 11) is 2.03. The van der Waals surface area contributed by atoms with E-state index in [2.05, 4.69) is 57.6 Å². The summed E-state index contributed by atoms with van der Waals surface area (Å²) >= 11 is 0. The Labute approximate surface area is 140 Å². The molecular weight excluding hydrogens is 298 g/mol. The van der Waals surface area contributed by atoms with Gasteiger partial charge in [0.2, 0.25) is 0 Å². The normalized spacial score (nSPS) is 11.5. The van der Waals surface area contributed by atoms with Crippen LogP contribution in [0.1, 0.15) is 25.6 Å². The van der Waals surface area contributed by atoms with Gasteiger partial charge in [-0.3, -0.25) is 4.40 Å². The topological polar surface area (TPSA) is 46.3 Å². The van der Waals surface area contributed by atoms with Crippen molar-refractivity contribution in [1.29, 1.82) is 0 Å². The highest BCUT2D eigenvalue weighted by Gasteiger charge is 2.18. The zero-order chi connectivity index (χ0) is 16.7. The molecular formula is C19H19N5. The van der Waals surface area contributed by atoms with Crippen LogP contribution in [0.4, 0.5) is 11.5 Å². The SMILES string of the molecule is CC(C)c1nnc2nc(N(C)c3ccccc3)c3ccccc3n12. The Morgan fingerprint density at radius 2 is 1.62 bits per heavy atom. The first-order chi connectivity index (χ1) is 11.7. The van der Waals surface area contributed by atoms with Gasteiger partial charge in [0, 0.05) is 24.0 Å². The maximum absolute atomic E-state index is 4.80. The minimum Gasteiger partial charge on any atom is -0.329 e. The monoisotopic (exact) mass is 317 g/mol. The van der Waals surface area contributed by atoms with Crippen molar-refractivity contribution in [3.63, 3.8) is 0 Å². The Hall–Kier alpha value is -2.95. The molecule has 0 saturated heterocycles. The summed E-state index contributed by atoms with van der Waals surface area (Å²) in [4.78, 5) is 6.89. The quantitative estimate of drug-likeness (QED) is 0.569. The molecule has 4 aromatic rings. The second-order valence-electron chi connectivity index (χ2n) is 6.20. The summed E-state index contributed by atoms with van der Waals surface area (Å²) < 4.78 is 2.06. The van der Waals surface area contributed by atoms with E-state index in [0.29, 0.717) is 5.78 Å². The van der Waals surface area contributed by atoms with Crippen molar-refractivity contribution < 1.29 is 0 Å². The molecule has 2 aromatic carbocycles. The first kappa shape index (κ1) is 14.6. The van der Waals surface area contributed by atoms with E-state index < -0.39 is 0 Å². The largest absolute Gasteiger partial charge is 0.329 e. The van der Waals surface area contributed by atoms with E-state index in [1.54, 1.807) is 0 Å². The smallest absolute Gasteiger partial charge is 0.257 e. The summed E-state index contributed by atoms with van der Waals surface area (Å²) in [5.41, 5.74) is 2.16. The fourth-order valence-corrected chi connectivity index (χ4v) is 3.01.